The van der Waals surface area contributed by atoms with E-state index in [2.05, 4.69) is 59.9 Å². The first kappa shape index (κ1) is 16.1. The van der Waals surface area contributed by atoms with Crippen molar-refractivity contribution in [1.29, 1.82) is 0 Å². The summed E-state index contributed by atoms with van der Waals surface area (Å²) < 4.78 is 1.08. The smallest absolute Gasteiger partial charge is 0.0640 e. The van der Waals surface area contributed by atoms with E-state index in [1.54, 1.807) is 0 Å². The van der Waals surface area contributed by atoms with Gasteiger partial charge in [-0.1, -0.05) is 48.3 Å². The van der Waals surface area contributed by atoms with Crippen LogP contribution in [0.4, 0.5) is 5.69 Å². The van der Waals surface area contributed by atoms with Gasteiger partial charge in [-0.15, -0.1) is 0 Å². The Morgan fingerprint density at radius 1 is 1.50 bits per heavy atom. The fourth-order valence-corrected chi connectivity index (χ4v) is 3.39. The first-order valence-electron chi connectivity index (χ1n) is 7.33. The average molecular weight is 360 g/mol. The van der Waals surface area contributed by atoms with Crippen molar-refractivity contribution in [3.8, 4) is 0 Å². The lowest BCUT2D eigenvalue weighted by molar-refractivity contribution is 0.253. The number of benzene rings is 1. The van der Waals surface area contributed by atoms with E-state index in [0.717, 1.165) is 34.7 Å². The molecule has 1 aliphatic heterocycles. The highest BCUT2D eigenvalue weighted by molar-refractivity contribution is 9.10. The van der Waals surface area contributed by atoms with Crippen LogP contribution in [0.3, 0.4) is 0 Å². The zero-order valence-electron chi connectivity index (χ0n) is 12.7. The van der Waals surface area contributed by atoms with E-state index in [9.17, 15) is 0 Å². The van der Waals surface area contributed by atoms with E-state index in [4.69, 9.17) is 11.6 Å². The van der Waals surface area contributed by atoms with Crippen LogP contribution in [0.1, 0.15) is 34.1 Å². The molecule has 1 heterocycles. The highest BCUT2D eigenvalue weighted by Gasteiger charge is 2.36. The second-order valence-corrected chi connectivity index (χ2v) is 7.65. The summed E-state index contributed by atoms with van der Waals surface area (Å²) in [5, 5.41) is 4.55. The van der Waals surface area contributed by atoms with Crippen LogP contribution in [0.15, 0.2) is 22.7 Å². The summed E-state index contributed by atoms with van der Waals surface area (Å²) in [4.78, 5) is 2.48. The van der Waals surface area contributed by atoms with Gasteiger partial charge in [0.1, 0.15) is 0 Å². The Kier molecular flexibility index (Phi) is 5.04. The lowest BCUT2D eigenvalue weighted by Crippen LogP contribution is -2.64. The van der Waals surface area contributed by atoms with Gasteiger partial charge in [0.15, 0.2) is 0 Å². The summed E-state index contributed by atoms with van der Waals surface area (Å²) in [5.41, 5.74) is 1.29. The van der Waals surface area contributed by atoms with Crippen LogP contribution in [0.25, 0.3) is 0 Å². The number of nitrogens with zero attached hydrogens (tertiary/aromatic N) is 1. The highest BCUT2D eigenvalue weighted by atomic mass is 79.9. The molecular formula is C16H24BrClN2. The van der Waals surface area contributed by atoms with Crippen LogP contribution < -0.4 is 10.2 Å². The number of piperazine rings is 1. The van der Waals surface area contributed by atoms with E-state index in [0.29, 0.717) is 12.0 Å². The fourth-order valence-electron chi connectivity index (χ4n) is 2.81. The maximum Gasteiger partial charge on any atom is 0.0640 e. The standard InChI is InChI=1S/C16H24BrClN2/c1-5-16(4)10-20(15(9-19-16)11(2)3)14-8-12(17)6-7-13(14)18/h6-8,11,15,19H,5,9-10H2,1-4H3. The Labute approximate surface area is 136 Å². The van der Waals surface area contributed by atoms with E-state index in [1.165, 1.54) is 0 Å². The van der Waals surface area contributed by atoms with Gasteiger partial charge in [0, 0.05) is 29.1 Å². The lowest BCUT2D eigenvalue weighted by Gasteiger charge is -2.49. The Morgan fingerprint density at radius 3 is 2.80 bits per heavy atom. The summed E-state index contributed by atoms with van der Waals surface area (Å²) in [5.74, 6) is 0.582. The van der Waals surface area contributed by atoms with Crippen LogP contribution in [0.2, 0.25) is 5.02 Å². The number of hydrogen-bond acceptors (Lipinski definition) is 2. The minimum absolute atomic E-state index is 0.150. The second kappa shape index (κ2) is 6.25. The Balaban J connectivity index is 2.39. The molecule has 0 amide bonds. The fraction of sp³-hybridized carbons (Fsp3) is 0.625. The largest absolute Gasteiger partial charge is 0.364 e. The Hall–Kier alpha value is -0.250. The number of rotatable bonds is 3. The van der Waals surface area contributed by atoms with Crippen LogP contribution >= 0.6 is 27.5 Å². The molecule has 2 atom stereocenters. The molecule has 112 valence electrons. The molecule has 0 radical (unpaired) electrons. The van der Waals surface area contributed by atoms with Crippen molar-refractivity contribution in [1.82, 2.24) is 5.32 Å². The summed E-state index contributed by atoms with van der Waals surface area (Å²) in [7, 11) is 0. The molecule has 2 unspecified atom stereocenters. The molecule has 0 aliphatic carbocycles. The van der Waals surface area contributed by atoms with Gasteiger partial charge < -0.3 is 10.2 Å². The molecule has 0 aromatic heterocycles. The molecule has 1 saturated heterocycles. The van der Waals surface area contributed by atoms with Crippen LogP contribution in [-0.4, -0.2) is 24.7 Å². The summed E-state index contributed by atoms with van der Waals surface area (Å²) in [6, 6.07) is 6.58. The minimum atomic E-state index is 0.150. The summed E-state index contributed by atoms with van der Waals surface area (Å²) in [6.45, 7) is 11.1. The average Bonchev–Trinajstić information content (AvgIpc) is 2.41. The number of halogens is 2. The molecule has 1 aromatic carbocycles. The van der Waals surface area contributed by atoms with Gasteiger partial charge in [0.2, 0.25) is 0 Å². The zero-order valence-corrected chi connectivity index (χ0v) is 15.1. The summed E-state index contributed by atoms with van der Waals surface area (Å²) >= 11 is 10.0. The van der Waals surface area contributed by atoms with Crippen LogP contribution in [0, 0.1) is 5.92 Å². The normalized spacial score (nSPS) is 27.1. The molecule has 2 rings (SSSR count). The molecular weight excluding hydrogens is 336 g/mol. The topological polar surface area (TPSA) is 15.3 Å². The Bertz CT molecular complexity index is 478. The van der Waals surface area contributed by atoms with Crippen molar-refractivity contribution < 1.29 is 0 Å². The van der Waals surface area contributed by atoms with Crippen molar-refractivity contribution in [3.63, 3.8) is 0 Å². The second-order valence-electron chi connectivity index (χ2n) is 6.33. The first-order valence-corrected chi connectivity index (χ1v) is 8.50. The third kappa shape index (κ3) is 3.32. The molecule has 1 aliphatic rings. The van der Waals surface area contributed by atoms with Crippen molar-refractivity contribution in [2.24, 2.45) is 5.92 Å². The third-order valence-electron chi connectivity index (χ3n) is 4.43. The van der Waals surface area contributed by atoms with Crippen molar-refractivity contribution in [3.05, 3.63) is 27.7 Å². The predicted octanol–water partition coefficient (Wildman–Crippen LogP) is 4.71. The molecule has 1 N–H and O–H groups in total. The molecule has 0 saturated carbocycles. The lowest BCUT2D eigenvalue weighted by atomic mass is 9.89. The van der Waals surface area contributed by atoms with E-state index < -0.39 is 0 Å². The number of anilines is 1. The maximum atomic E-state index is 6.45. The van der Waals surface area contributed by atoms with Crippen molar-refractivity contribution >= 4 is 33.2 Å². The van der Waals surface area contributed by atoms with Gasteiger partial charge in [-0.25, -0.2) is 0 Å². The Morgan fingerprint density at radius 2 is 2.20 bits per heavy atom. The van der Waals surface area contributed by atoms with Crippen LogP contribution in [0.5, 0.6) is 0 Å². The SMILES string of the molecule is CCC1(C)CN(c2cc(Br)ccc2Cl)C(C(C)C)CN1. The van der Waals surface area contributed by atoms with Gasteiger partial charge in [-0.3, -0.25) is 0 Å². The molecule has 1 aromatic rings. The quantitative estimate of drug-likeness (QED) is 0.841. The highest BCUT2D eigenvalue weighted by Crippen LogP contribution is 2.35. The molecule has 0 spiro atoms. The molecule has 0 bridgehead atoms. The third-order valence-corrected chi connectivity index (χ3v) is 5.24. The zero-order chi connectivity index (χ0) is 14.9. The summed E-state index contributed by atoms with van der Waals surface area (Å²) in [6.07, 6.45) is 1.11. The first-order chi connectivity index (χ1) is 9.36. The van der Waals surface area contributed by atoms with E-state index in [-0.39, 0.29) is 5.54 Å². The molecule has 2 nitrogen and oxygen atoms in total. The van der Waals surface area contributed by atoms with Crippen molar-refractivity contribution in [2.75, 3.05) is 18.0 Å². The van der Waals surface area contributed by atoms with Crippen LogP contribution in [-0.2, 0) is 0 Å². The minimum Gasteiger partial charge on any atom is -0.364 e. The van der Waals surface area contributed by atoms with Gasteiger partial charge in [0.05, 0.1) is 10.7 Å². The molecule has 20 heavy (non-hydrogen) atoms. The van der Waals surface area contributed by atoms with Gasteiger partial charge in [-0.05, 0) is 37.5 Å². The number of hydrogen-bond donors (Lipinski definition) is 1. The van der Waals surface area contributed by atoms with E-state index >= 15 is 0 Å². The maximum absolute atomic E-state index is 6.45. The predicted molar refractivity (Wildman–Crippen MR) is 91.8 cm³/mol. The van der Waals surface area contributed by atoms with Gasteiger partial charge >= 0.3 is 0 Å². The van der Waals surface area contributed by atoms with Gasteiger partial charge in [-0.2, -0.15) is 0 Å². The van der Waals surface area contributed by atoms with Crippen molar-refractivity contribution in [2.45, 2.75) is 45.7 Å². The van der Waals surface area contributed by atoms with E-state index in [1.807, 2.05) is 12.1 Å². The monoisotopic (exact) mass is 358 g/mol. The number of nitrogens with one attached hydrogen (secondary N) is 1. The molecule has 1 fully saturated rings. The molecule has 4 heteroatoms. The van der Waals surface area contributed by atoms with Gasteiger partial charge in [0.25, 0.3) is 0 Å².